The highest BCUT2D eigenvalue weighted by atomic mass is 16.5. The number of carbonyl (C=O) groups is 2. The van der Waals surface area contributed by atoms with Gasteiger partial charge in [0.25, 0.3) is 0 Å². The molecule has 102 valence electrons. The number of rotatable bonds is 7. The first-order valence-corrected chi connectivity index (χ1v) is 6.75. The van der Waals surface area contributed by atoms with Crippen molar-refractivity contribution >= 4 is 11.7 Å². The van der Waals surface area contributed by atoms with Gasteiger partial charge in [0.1, 0.15) is 5.75 Å². The summed E-state index contributed by atoms with van der Waals surface area (Å²) in [5.41, 5.74) is 0.590. The van der Waals surface area contributed by atoms with Gasteiger partial charge in [-0.05, 0) is 25.0 Å². The number of Topliss-reactive ketones (excluding diaryl/α,β-unsaturated/α-hetero) is 1. The molecule has 4 heteroatoms. The van der Waals surface area contributed by atoms with Crippen LogP contribution >= 0.6 is 0 Å². The number of nitrogens with one attached hydrogen (secondary N) is 1. The first-order chi connectivity index (χ1) is 9.20. The van der Waals surface area contributed by atoms with Gasteiger partial charge in [-0.1, -0.05) is 19.1 Å². The lowest BCUT2D eigenvalue weighted by Crippen LogP contribution is -2.26. The molecular weight excluding hydrogens is 242 g/mol. The average molecular weight is 261 g/mol. The van der Waals surface area contributed by atoms with E-state index in [1.54, 1.807) is 12.1 Å². The summed E-state index contributed by atoms with van der Waals surface area (Å²) in [6.45, 7) is 2.12. The van der Waals surface area contributed by atoms with Crippen LogP contribution in [-0.4, -0.2) is 24.3 Å². The third-order valence-corrected chi connectivity index (χ3v) is 3.04. The fourth-order valence-corrected chi connectivity index (χ4v) is 1.79. The zero-order valence-electron chi connectivity index (χ0n) is 11.1. The molecule has 0 atom stereocenters. The first kappa shape index (κ1) is 13.6. The molecule has 1 amide bonds. The van der Waals surface area contributed by atoms with Crippen LogP contribution < -0.4 is 10.1 Å². The second kappa shape index (κ2) is 6.36. The van der Waals surface area contributed by atoms with Crippen LogP contribution in [0.15, 0.2) is 24.3 Å². The minimum Gasteiger partial charge on any atom is -0.492 e. The maximum Gasteiger partial charge on any atom is 0.223 e. The molecule has 1 aliphatic rings. The van der Waals surface area contributed by atoms with Crippen LogP contribution in [0.25, 0.3) is 0 Å². The van der Waals surface area contributed by atoms with Crippen molar-refractivity contribution in [3.63, 3.8) is 0 Å². The summed E-state index contributed by atoms with van der Waals surface area (Å²) in [7, 11) is 0. The molecule has 0 aliphatic heterocycles. The standard InChI is InChI=1S/C15H19NO3/c1-2-13(17)12-5-3-4-6-14(12)19-10-9-15(18)16-11-7-8-11/h3-6,11H,2,7-10H2,1H3,(H,16,18). The van der Waals surface area contributed by atoms with Crippen LogP contribution in [-0.2, 0) is 4.79 Å². The predicted molar refractivity (Wildman–Crippen MR) is 72.3 cm³/mol. The second-order valence-electron chi connectivity index (χ2n) is 4.71. The van der Waals surface area contributed by atoms with Crippen LogP contribution in [0, 0.1) is 0 Å². The maximum atomic E-state index is 11.7. The highest BCUT2D eigenvalue weighted by molar-refractivity contribution is 5.98. The summed E-state index contributed by atoms with van der Waals surface area (Å²) < 4.78 is 5.55. The molecule has 0 bridgehead atoms. The smallest absolute Gasteiger partial charge is 0.223 e. The van der Waals surface area contributed by atoms with E-state index in [0.29, 0.717) is 36.8 Å². The van der Waals surface area contributed by atoms with Crippen molar-refractivity contribution in [3.8, 4) is 5.75 Å². The topological polar surface area (TPSA) is 55.4 Å². The number of amides is 1. The summed E-state index contributed by atoms with van der Waals surface area (Å²) in [6, 6.07) is 7.54. The van der Waals surface area contributed by atoms with Crippen LogP contribution in [0.4, 0.5) is 0 Å². The Morgan fingerprint density at radius 2 is 2.05 bits per heavy atom. The van der Waals surface area contributed by atoms with E-state index in [9.17, 15) is 9.59 Å². The number of benzene rings is 1. The number of carbonyl (C=O) groups excluding carboxylic acids is 2. The number of hydrogen-bond donors (Lipinski definition) is 1. The van der Waals surface area contributed by atoms with Crippen LogP contribution in [0.3, 0.4) is 0 Å². The zero-order chi connectivity index (χ0) is 13.7. The molecule has 1 aromatic carbocycles. The van der Waals surface area contributed by atoms with Gasteiger partial charge >= 0.3 is 0 Å². The maximum absolute atomic E-state index is 11.7. The molecule has 1 aromatic rings. The molecule has 1 N–H and O–H groups in total. The quantitative estimate of drug-likeness (QED) is 0.766. The van der Waals surface area contributed by atoms with Gasteiger partial charge in [0.2, 0.25) is 5.91 Å². The molecule has 1 saturated carbocycles. The van der Waals surface area contributed by atoms with Crippen LogP contribution in [0.2, 0.25) is 0 Å². The molecule has 1 aliphatic carbocycles. The second-order valence-corrected chi connectivity index (χ2v) is 4.71. The Balaban J connectivity index is 1.84. The summed E-state index contributed by atoms with van der Waals surface area (Å²) in [6.07, 6.45) is 2.94. The predicted octanol–water partition coefficient (Wildman–Crippen LogP) is 2.33. The molecule has 0 unspecified atom stereocenters. The third kappa shape index (κ3) is 4.09. The van der Waals surface area contributed by atoms with E-state index in [1.807, 2.05) is 19.1 Å². The van der Waals surface area contributed by atoms with Crippen molar-refractivity contribution in [2.75, 3.05) is 6.61 Å². The van der Waals surface area contributed by atoms with Crippen molar-refractivity contribution in [1.82, 2.24) is 5.32 Å². The third-order valence-electron chi connectivity index (χ3n) is 3.04. The summed E-state index contributed by atoms with van der Waals surface area (Å²) in [5, 5.41) is 2.90. The lowest BCUT2D eigenvalue weighted by Gasteiger charge is -2.10. The van der Waals surface area contributed by atoms with Gasteiger partial charge in [0.15, 0.2) is 5.78 Å². The van der Waals surface area contributed by atoms with Crippen molar-refractivity contribution in [2.45, 2.75) is 38.6 Å². The molecule has 2 rings (SSSR count). The molecule has 0 aromatic heterocycles. The van der Waals surface area contributed by atoms with Gasteiger partial charge in [0.05, 0.1) is 18.6 Å². The number of hydrogen-bond acceptors (Lipinski definition) is 3. The molecule has 4 nitrogen and oxygen atoms in total. The lowest BCUT2D eigenvalue weighted by molar-refractivity contribution is -0.121. The van der Waals surface area contributed by atoms with E-state index in [-0.39, 0.29) is 11.7 Å². The van der Waals surface area contributed by atoms with Crippen molar-refractivity contribution in [1.29, 1.82) is 0 Å². The largest absolute Gasteiger partial charge is 0.492 e. The Labute approximate surface area is 113 Å². The van der Waals surface area contributed by atoms with E-state index < -0.39 is 0 Å². The van der Waals surface area contributed by atoms with Gasteiger partial charge in [-0.3, -0.25) is 9.59 Å². The van der Waals surface area contributed by atoms with Crippen molar-refractivity contribution < 1.29 is 14.3 Å². The van der Waals surface area contributed by atoms with Gasteiger partial charge in [-0.2, -0.15) is 0 Å². The summed E-state index contributed by atoms with van der Waals surface area (Å²) in [4.78, 5) is 23.2. The minimum absolute atomic E-state index is 0.0156. The van der Waals surface area contributed by atoms with Gasteiger partial charge in [-0.25, -0.2) is 0 Å². The van der Waals surface area contributed by atoms with Gasteiger partial charge in [0, 0.05) is 12.5 Å². The van der Waals surface area contributed by atoms with Crippen LogP contribution in [0.1, 0.15) is 43.0 Å². The van der Waals surface area contributed by atoms with Gasteiger partial charge in [-0.15, -0.1) is 0 Å². The Morgan fingerprint density at radius 3 is 2.74 bits per heavy atom. The van der Waals surface area contributed by atoms with Gasteiger partial charge < -0.3 is 10.1 Å². The molecule has 0 heterocycles. The highest BCUT2D eigenvalue weighted by Gasteiger charge is 2.22. The van der Waals surface area contributed by atoms with Crippen molar-refractivity contribution in [2.24, 2.45) is 0 Å². The first-order valence-electron chi connectivity index (χ1n) is 6.75. The zero-order valence-corrected chi connectivity index (χ0v) is 11.1. The van der Waals surface area contributed by atoms with E-state index >= 15 is 0 Å². The molecule has 19 heavy (non-hydrogen) atoms. The fraction of sp³-hybridized carbons (Fsp3) is 0.467. The Morgan fingerprint density at radius 1 is 1.32 bits per heavy atom. The molecule has 1 fully saturated rings. The molecular formula is C15H19NO3. The summed E-state index contributed by atoms with van der Waals surface area (Å²) in [5.74, 6) is 0.633. The molecule has 0 spiro atoms. The number of para-hydroxylation sites is 1. The normalized spacial score (nSPS) is 13.9. The SMILES string of the molecule is CCC(=O)c1ccccc1OCCC(=O)NC1CC1. The van der Waals surface area contributed by atoms with E-state index in [4.69, 9.17) is 4.74 Å². The van der Waals surface area contributed by atoms with E-state index in [2.05, 4.69) is 5.32 Å². The fourth-order valence-electron chi connectivity index (χ4n) is 1.79. The van der Waals surface area contributed by atoms with Crippen molar-refractivity contribution in [3.05, 3.63) is 29.8 Å². The number of ether oxygens (including phenoxy) is 1. The molecule has 0 saturated heterocycles. The Kier molecular flexibility index (Phi) is 4.55. The monoisotopic (exact) mass is 261 g/mol. The Bertz CT molecular complexity index is 466. The lowest BCUT2D eigenvalue weighted by atomic mass is 10.1. The van der Waals surface area contributed by atoms with E-state index in [1.165, 1.54) is 0 Å². The van der Waals surface area contributed by atoms with E-state index in [0.717, 1.165) is 12.8 Å². The highest BCUT2D eigenvalue weighted by Crippen LogP contribution is 2.20. The minimum atomic E-state index is 0.0156. The van der Waals surface area contributed by atoms with Crippen LogP contribution in [0.5, 0.6) is 5.75 Å². The Hall–Kier alpha value is -1.84. The number of ketones is 1. The summed E-state index contributed by atoms with van der Waals surface area (Å²) >= 11 is 0. The average Bonchev–Trinajstić information content (AvgIpc) is 3.22. The molecule has 0 radical (unpaired) electrons.